The molecule has 3 rings (SSSR count). The van der Waals surface area contributed by atoms with E-state index in [9.17, 15) is 4.79 Å². The van der Waals surface area contributed by atoms with Gasteiger partial charge in [-0.05, 0) is 42.8 Å². The lowest BCUT2D eigenvalue weighted by Crippen LogP contribution is -2.03. The second-order valence-electron chi connectivity index (χ2n) is 5.05. The van der Waals surface area contributed by atoms with Gasteiger partial charge in [0.2, 0.25) is 0 Å². The Labute approximate surface area is 139 Å². The number of anilines is 1. The summed E-state index contributed by atoms with van der Waals surface area (Å²) >= 11 is 5.97. The summed E-state index contributed by atoms with van der Waals surface area (Å²) in [5, 5.41) is 3.41. The maximum Gasteiger partial charge on any atom is 0.256 e. The molecule has 1 aliphatic heterocycles. The maximum absolute atomic E-state index is 12.2. The zero-order valence-corrected chi connectivity index (χ0v) is 13.6. The van der Waals surface area contributed by atoms with Gasteiger partial charge in [0.05, 0.1) is 19.4 Å². The van der Waals surface area contributed by atoms with Crippen molar-refractivity contribution in [3.8, 4) is 11.5 Å². The average Bonchev–Trinajstić information content (AvgIpc) is 2.83. The summed E-state index contributed by atoms with van der Waals surface area (Å²) in [6.07, 6.45) is 1.83. The van der Waals surface area contributed by atoms with E-state index in [1.54, 1.807) is 19.2 Å². The van der Waals surface area contributed by atoms with Crippen molar-refractivity contribution < 1.29 is 14.3 Å². The fourth-order valence-electron chi connectivity index (χ4n) is 2.53. The quantitative estimate of drug-likeness (QED) is 0.853. The lowest BCUT2D eigenvalue weighted by atomic mass is 10.0. The van der Waals surface area contributed by atoms with Gasteiger partial charge in [-0.3, -0.25) is 4.79 Å². The van der Waals surface area contributed by atoms with Crippen LogP contribution in [0.25, 0.3) is 11.6 Å². The summed E-state index contributed by atoms with van der Waals surface area (Å²) in [5.74, 6) is 1.17. The van der Waals surface area contributed by atoms with E-state index >= 15 is 0 Å². The molecule has 118 valence electrons. The Hall–Kier alpha value is -2.46. The van der Waals surface area contributed by atoms with Crippen LogP contribution in [0.3, 0.4) is 0 Å². The van der Waals surface area contributed by atoms with Gasteiger partial charge in [0.15, 0.2) is 11.5 Å². The summed E-state index contributed by atoms with van der Waals surface area (Å²) in [6, 6.07) is 10.9. The highest BCUT2D eigenvalue weighted by molar-refractivity contribution is 6.36. The van der Waals surface area contributed by atoms with E-state index in [4.69, 9.17) is 21.1 Å². The van der Waals surface area contributed by atoms with Gasteiger partial charge in [-0.2, -0.15) is 0 Å². The van der Waals surface area contributed by atoms with Gasteiger partial charge in [0.1, 0.15) is 0 Å². The first-order valence-corrected chi connectivity index (χ1v) is 7.64. The number of nitrogens with one attached hydrogen (secondary N) is 1. The molecule has 0 atom stereocenters. The molecule has 5 heteroatoms. The monoisotopic (exact) mass is 329 g/mol. The molecule has 4 nitrogen and oxygen atoms in total. The van der Waals surface area contributed by atoms with Crippen LogP contribution in [0, 0.1) is 0 Å². The topological polar surface area (TPSA) is 47.6 Å². The Morgan fingerprint density at radius 3 is 2.74 bits per heavy atom. The Bertz CT molecular complexity index is 799. The van der Waals surface area contributed by atoms with Crippen molar-refractivity contribution >= 4 is 34.8 Å². The normalized spacial score (nSPS) is 14.6. The van der Waals surface area contributed by atoms with E-state index in [2.05, 4.69) is 5.32 Å². The van der Waals surface area contributed by atoms with Gasteiger partial charge in [0.25, 0.3) is 5.91 Å². The number of hydrogen-bond acceptors (Lipinski definition) is 3. The molecule has 0 aromatic heterocycles. The molecule has 1 N–H and O–H groups in total. The van der Waals surface area contributed by atoms with Crippen LogP contribution in [-0.2, 0) is 4.79 Å². The minimum atomic E-state index is -0.143. The van der Waals surface area contributed by atoms with Crippen LogP contribution < -0.4 is 14.8 Å². The first-order valence-electron chi connectivity index (χ1n) is 7.26. The van der Waals surface area contributed by atoms with Crippen molar-refractivity contribution in [1.29, 1.82) is 0 Å². The molecule has 0 unspecified atom stereocenters. The molecule has 0 spiro atoms. The third kappa shape index (κ3) is 3.03. The number of rotatable bonds is 4. The van der Waals surface area contributed by atoms with Gasteiger partial charge in [0, 0.05) is 16.2 Å². The number of amides is 1. The van der Waals surface area contributed by atoms with E-state index in [1.165, 1.54) is 0 Å². The highest BCUT2D eigenvalue weighted by Crippen LogP contribution is 2.36. The van der Waals surface area contributed by atoms with E-state index in [1.807, 2.05) is 37.3 Å². The molecule has 2 aromatic carbocycles. The number of carbonyl (C=O) groups excluding carboxylic acids is 1. The molecule has 0 saturated heterocycles. The van der Waals surface area contributed by atoms with Crippen molar-refractivity contribution in [2.75, 3.05) is 19.0 Å². The van der Waals surface area contributed by atoms with Crippen molar-refractivity contribution in [3.63, 3.8) is 0 Å². The Morgan fingerprint density at radius 2 is 2.00 bits per heavy atom. The third-order valence-electron chi connectivity index (χ3n) is 3.56. The predicted octanol–water partition coefficient (Wildman–Crippen LogP) is 4.24. The molecule has 0 fully saturated rings. The number of methoxy groups -OCH3 is 1. The third-order valence-corrected chi connectivity index (χ3v) is 3.80. The Balaban J connectivity index is 2.02. The molecule has 1 aliphatic rings. The number of fused-ring (bicyclic) bond motifs is 1. The summed E-state index contributed by atoms with van der Waals surface area (Å²) in [4.78, 5) is 12.2. The predicted molar refractivity (Wildman–Crippen MR) is 92.1 cm³/mol. The van der Waals surface area contributed by atoms with Crippen molar-refractivity contribution in [2.24, 2.45) is 0 Å². The fraction of sp³-hybridized carbons (Fsp3) is 0.167. The molecule has 0 saturated carbocycles. The molecular formula is C18H16ClNO3. The summed E-state index contributed by atoms with van der Waals surface area (Å²) in [5.41, 5.74) is 3.03. The van der Waals surface area contributed by atoms with Gasteiger partial charge >= 0.3 is 0 Å². The van der Waals surface area contributed by atoms with Crippen LogP contribution >= 0.6 is 11.6 Å². The molecule has 23 heavy (non-hydrogen) atoms. The SMILES string of the molecule is CCOc1cc(/C=C2\C(=O)Nc3cc(Cl)ccc32)ccc1OC. The van der Waals surface area contributed by atoms with Crippen molar-refractivity contribution in [2.45, 2.75) is 6.92 Å². The number of halogens is 1. The lowest BCUT2D eigenvalue weighted by Gasteiger charge is -2.10. The smallest absolute Gasteiger partial charge is 0.256 e. The summed E-state index contributed by atoms with van der Waals surface area (Å²) in [7, 11) is 1.60. The van der Waals surface area contributed by atoms with Crippen LogP contribution in [0.5, 0.6) is 11.5 Å². The van der Waals surface area contributed by atoms with E-state index < -0.39 is 0 Å². The second kappa shape index (κ2) is 6.34. The minimum absolute atomic E-state index is 0.143. The summed E-state index contributed by atoms with van der Waals surface area (Å²) < 4.78 is 10.8. The minimum Gasteiger partial charge on any atom is -0.493 e. The number of hydrogen-bond donors (Lipinski definition) is 1. The largest absolute Gasteiger partial charge is 0.493 e. The zero-order valence-electron chi connectivity index (χ0n) is 12.9. The van der Waals surface area contributed by atoms with E-state index in [0.717, 1.165) is 16.8 Å². The number of carbonyl (C=O) groups is 1. The fourth-order valence-corrected chi connectivity index (χ4v) is 2.70. The molecule has 0 bridgehead atoms. The van der Waals surface area contributed by atoms with Gasteiger partial charge in [-0.25, -0.2) is 0 Å². The van der Waals surface area contributed by atoms with Gasteiger partial charge in [-0.15, -0.1) is 0 Å². The average molecular weight is 330 g/mol. The molecule has 0 aliphatic carbocycles. The lowest BCUT2D eigenvalue weighted by molar-refractivity contribution is -0.110. The highest BCUT2D eigenvalue weighted by atomic mass is 35.5. The Kier molecular flexibility index (Phi) is 4.26. The highest BCUT2D eigenvalue weighted by Gasteiger charge is 2.24. The first-order chi connectivity index (χ1) is 11.1. The zero-order chi connectivity index (χ0) is 16.4. The van der Waals surface area contributed by atoms with Crippen LogP contribution in [0.1, 0.15) is 18.1 Å². The molecular weight excluding hydrogens is 314 g/mol. The second-order valence-corrected chi connectivity index (χ2v) is 5.48. The van der Waals surface area contributed by atoms with Crippen molar-refractivity contribution in [1.82, 2.24) is 0 Å². The Morgan fingerprint density at radius 1 is 1.17 bits per heavy atom. The van der Waals surface area contributed by atoms with Crippen LogP contribution in [-0.4, -0.2) is 19.6 Å². The molecule has 1 amide bonds. The first kappa shape index (κ1) is 15.4. The van der Waals surface area contributed by atoms with Crippen molar-refractivity contribution in [3.05, 3.63) is 52.5 Å². The molecule has 0 radical (unpaired) electrons. The van der Waals surface area contributed by atoms with Crippen LogP contribution in [0.2, 0.25) is 5.02 Å². The maximum atomic E-state index is 12.2. The van der Waals surface area contributed by atoms with E-state index in [-0.39, 0.29) is 5.91 Å². The van der Waals surface area contributed by atoms with Gasteiger partial charge < -0.3 is 14.8 Å². The van der Waals surface area contributed by atoms with Crippen LogP contribution in [0.4, 0.5) is 5.69 Å². The number of benzene rings is 2. The summed E-state index contributed by atoms with van der Waals surface area (Å²) in [6.45, 7) is 2.45. The molecule has 2 aromatic rings. The molecule has 1 heterocycles. The standard InChI is InChI=1S/C18H16ClNO3/c1-3-23-17-9-11(4-7-16(17)22-2)8-14-13-6-5-12(19)10-15(13)20-18(14)21/h4-10H,3H2,1-2H3,(H,20,21)/b14-8-. The van der Waals surface area contributed by atoms with Gasteiger partial charge in [-0.1, -0.05) is 23.7 Å². The van der Waals surface area contributed by atoms with E-state index in [0.29, 0.717) is 28.7 Å². The van der Waals surface area contributed by atoms with Crippen LogP contribution in [0.15, 0.2) is 36.4 Å². The number of ether oxygens (including phenoxy) is 2.